The highest BCUT2D eigenvalue weighted by atomic mass is 16.6. The summed E-state index contributed by atoms with van der Waals surface area (Å²) in [5.74, 6) is 1.23. The predicted molar refractivity (Wildman–Crippen MR) is 77.2 cm³/mol. The molecule has 0 bridgehead atoms. The summed E-state index contributed by atoms with van der Waals surface area (Å²) in [5, 5.41) is 3.96. The molecule has 0 N–H and O–H groups in total. The third-order valence-corrected chi connectivity index (χ3v) is 2.60. The molecule has 2 rings (SSSR count). The molecular formula is C16H17NO2. The van der Waals surface area contributed by atoms with Crippen LogP contribution in [0.1, 0.15) is 13.8 Å². The van der Waals surface area contributed by atoms with E-state index >= 15 is 0 Å². The third-order valence-electron chi connectivity index (χ3n) is 2.60. The summed E-state index contributed by atoms with van der Waals surface area (Å²) in [4.78, 5) is 5.47. The first-order valence-corrected chi connectivity index (χ1v) is 6.30. The second-order valence-corrected chi connectivity index (χ2v) is 4.00. The van der Waals surface area contributed by atoms with Gasteiger partial charge in [-0.25, -0.2) is 0 Å². The highest BCUT2D eigenvalue weighted by molar-refractivity contribution is 5.73. The van der Waals surface area contributed by atoms with Crippen molar-refractivity contribution < 1.29 is 9.57 Å². The summed E-state index contributed by atoms with van der Waals surface area (Å²) in [7, 11) is 0. The van der Waals surface area contributed by atoms with E-state index in [0.717, 1.165) is 11.1 Å². The highest BCUT2D eigenvalue weighted by Crippen LogP contribution is 2.29. The summed E-state index contributed by atoms with van der Waals surface area (Å²) in [6.07, 6.45) is 0. The van der Waals surface area contributed by atoms with Crippen LogP contribution in [0.5, 0.6) is 5.75 Å². The smallest absolute Gasteiger partial charge is 0.223 e. The van der Waals surface area contributed by atoms with Gasteiger partial charge in [-0.05, 0) is 23.7 Å². The molecule has 0 heterocycles. The molecule has 0 fully saturated rings. The first-order chi connectivity index (χ1) is 9.31. The van der Waals surface area contributed by atoms with Crippen LogP contribution in [-0.2, 0) is 4.74 Å². The number of nitrogens with zero attached hydrogens (tertiary/aromatic N) is 1. The molecule has 3 nitrogen and oxygen atoms in total. The first kappa shape index (κ1) is 13.1. The summed E-state index contributed by atoms with van der Waals surface area (Å²) in [5.41, 5.74) is 2.11. The van der Waals surface area contributed by atoms with Crippen LogP contribution in [0, 0.1) is 0 Å². The minimum Gasteiger partial charge on any atom is -0.479 e. The molecule has 19 heavy (non-hydrogen) atoms. The molecule has 0 unspecified atom stereocenters. The van der Waals surface area contributed by atoms with Gasteiger partial charge in [-0.15, -0.1) is 0 Å². The van der Waals surface area contributed by atoms with E-state index in [-0.39, 0.29) is 0 Å². The molecule has 0 atom stereocenters. The Bertz CT molecular complexity index is 550. The van der Waals surface area contributed by atoms with Crippen molar-refractivity contribution >= 4 is 5.90 Å². The van der Waals surface area contributed by atoms with Crippen LogP contribution < -0.4 is 4.84 Å². The van der Waals surface area contributed by atoms with Crippen LogP contribution in [0.2, 0.25) is 0 Å². The van der Waals surface area contributed by atoms with Gasteiger partial charge in [-0.1, -0.05) is 48.5 Å². The molecular weight excluding hydrogens is 238 g/mol. The van der Waals surface area contributed by atoms with Crippen LogP contribution in [-0.4, -0.2) is 12.5 Å². The molecule has 0 aliphatic heterocycles. The van der Waals surface area contributed by atoms with Crippen LogP contribution in [0.3, 0.4) is 0 Å². The van der Waals surface area contributed by atoms with Gasteiger partial charge in [-0.2, -0.15) is 0 Å². The zero-order valence-electron chi connectivity index (χ0n) is 11.2. The lowest BCUT2D eigenvalue weighted by atomic mass is 10.1. The largest absolute Gasteiger partial charge is 0.479 e. The Kier molecular flexibility index (Phi) is 4.56. The average molecular weight is 255 g/mol. The monoisotopic (exact) mass is 255 g/mol. The fourth-order valence-corrected chi connectivity index (χ4v) is 1.75. The van der Waals surface area contributed by atoms with E-state index in [2.05, 4.69) is 5.16 Å². The van der Waals surface area contributed by atoms with E-state index in [4.69, 9.17) is 9.57 Å². The molecule has 0 saturated carbocycles. The molecule has 0 amide bonds. The van der Waals surface area contributed by atoms with Gasteiger partial charge in [0, 0.05) is 12.5 Å². The molecule has 2 aromatic carbocycles. The SMILES string of the molecule is CCO/C(C)=N/Oc1ccccc1-c1ccccc1. The maximum atomic E-state index is 5.47. The molecule has 3 heteroatoms. The van der Waals surface area contributed by atoms with Gasteiger partial charge in [0.05, 0.1) is 6.61 Å². The van der Waals surface area contributed by atoms with E-state index < -0.39 is 0 Å². The lowest BCUT2D eigenvalue weighted by Crippen LogP contribution is -2.01. The normalized spacial score (nSPS) is 11.2. The van der Waals surface area contributed by atoms with E-state index in [9.17, 15) is 0 Å². The fourth-order valence-electron chi connectivity index (χ4n) is 1.75. The van der Waals surface area contributed by atoms with Crippen molar-refractivity contribution in [1.29, 1.82) is 0 Å². The fraction of sp³-hybridized carbons (Fsp3) is 0.188. The molecule has 0 aliphatic rings. The minimum absolute atomic E-state index is 0.519. The summed E-state index contributed by atoms with van der Waals surface area (Å²) >= 11 is 0. The van der Waals surface area contributed by atoms with Gasteiger partial charge in [0.1, 0.15) is 0 Å². The Morgan fingerprint density at radius 3 is 2.42 bits per heavy atom. The number of para-hydroxylation sites is 1. The molecule has 0 radical (unpaired) electrons. The Balaban J connectivity index is 2.25. The number of hydrogen-bond donors (Lipinski definition) is 0. The van der Waals surface area contributed by atoms with Crippen molar-refractivity contribution in [3.63, 3.8) is 0 Å². The van der Waals surface area contributed by atoms with Crippen molar-refractivity contribution in [3.05, 3.63) is 54.6 Å². The third kappa shape index (κ3) is 3.58. The number of rotatable bonds is 4. The lowest BCUT2D eigenvalue weighted by Gasteiger charge is -2.08. The Hall–Kier alpha value is -2.29. The van der Waals surface area contributed by atoms with E-state index in [0.29, 0.717) is 18.3 Å². The molecule has 0 spiro atoms. The van der Waals surface area contributed by atoms with Crippen molar-refractivity contribution in [2.24, 2.45) is 5.16 Å². The molecule has 2 aromatic rings. The number of ether oxygens (including phenoxy) is 1. The standard InChI is InChI=1S/C16H17NO2/c1-3-18-13(2)17-19-16-12-8-7-11-15(16)14-9-5-4-6-10-14/h4-12H,3H2,1-2H3/b17-13+. The van der Waals surface area contributed by atoms with Crippen LogP contribution in [0.15, 0.2) is 59.8 Å². The van der Waals surface area contributed by atoms with E-state index in [1.54, 1.807) is 6.92 Å². The van der Waals surface area contributed by atoms with Crippen molar-refractivity contribution in [2.45, 2.75) is 13.8 Å². The van der Waals surface area contributed by atoms with Crippen LogP contribution >= 0.6 is 0 Å². The predicted octanol–water partition coefficient (Wildman–Crippen LogP) is 4.10. The van der Waals surface area contributed by atoms with E-state index in [1.807, 2.05) is 61.5 Å². The average Bonchev–Trinajstić information content (AvgIpc) is 2.47. The summed E-state index contributed by atoms with van der Waals surface area (Å²) < 4.78 is 5.23. The highest BCUT2D eigenvalue weighted by Gasteiger charge is 2.05. The molecule has 98 valence electrons. The van der Waals surface area contributed by atoms with Crippen molar-refractivity contribution in [2.75, 3.05) is 6.61 Å². The number of oxime groups is 1. The lowest BCUT2D eigenvalue weighted by molar-refractivity contribution is 0.276. The van der Waals surface area contributed by atoms with Gasteiger partial charge in [-0.3, -0.25) is 0 Å². The van der Waals surface area contributed by atoms with Gasteiger partial charge in [0.25, 0.3) is 0 Å². The number of hydrogen-bond acceptors (Lipinski definition) is 3. The van der Waals surface area contributed by atoms with Crippen molar-refractivity contribution in [3.8, 4) is 16.9 Å². The molecule has 0 aliphatic carbocycles. The molecule has 0 aromatic heterocycles. The minimum atomic E-state index is 0.519. The van der Waals surface area contributed by atoms with Gasteiger partial charge < -0.3 is 9.57 Å². The molecule has 0 saturated heterocycles. The maximum absolute atomic E-state index is 5.47. The Morgan fingerprint density at radius 1 is 1.00 bits per heavy atom. The zero-order chi connectivity index (χ0) is 13.5. The summed E-state index contributed by atoms with van der Waals surface area (Å²) in [6.45, 7) is 4.27. The van der Waals surface area contributed by atoms with Gasteiger partial charge in [0.15, 0.2) is 5.75 Å². The zero-order valence-corrected chi connectivity index (χ0v) is 11.2. The van der Waals surface area contributed by atoms with Crippen LogP contribution in [0.4, 0.5) is 0 Å². The second-order valence-electron chi connectivity index (χ2n) is 4.00. The maximum Gasteiger partial charge on any atom is 0.223 e. The van der Waals surface area contributed by atoms with Crippen LogP contribution in [0.25, 0.3) is 11.1 Å². The van der Waals surface area contributed by atoms with Gasteiger partial charge in [0.2, 0.25) is 5.90 Å². The number of benzene rings is 2. The Morgan fingerprint density at radius 2 is 1.68 bits per heavy atom. The van der Waals surface area contributed by atoms with Gasteiger partial charge >= 0.3 is 0 Å². The quantitative estimate of drug-likeness (QED) is 0.468. The first-order valence-electron chi connectivity index (χ1n) is 6.30. The Labute approximate surface area is 113 Å². The second kappa shape index (κ2) is 6.59. The van der Waals surface area contributed by atoms with E-state index in [1.165, 1.54) is 0 Å². The summed E-state index contributed by atoms with van der Waals surface area (Å²) in [6, 6.07) is 17.9. The van der Waals surface area contributed by atoms with Crippen molar-refractivity contribution in [1.82, 2.24) is 0 Å². The topological polar surface area (TPSA) is 30.8 Å².